The molecule has 5 atom stereocenters. The van der Waals surface area contributed by atoms with E-state index in [1.54, 1.807) is 0 Å². The SMILES string of the molecule is O=C(OC1OC(COCc2ccccc2)C(OCc2ccccc2)C(OCc2ccccc2)C1OCc1ccccc1)c1ccc([N+](=O)[O-])cc1. The minimum atomic E-state index is -1.25. The molecule has 1 saturated heterocycles. The van der Waals surface area contributed by atoms with Gasteiger partial charge >= 0.3 is 5.97 Å². The fourth-order valence-electron chi connectivity index (χ4n) is 5.73. The lowest BCUT2D eigenvalue weighted by molar-refractivity contribution is -0.384. The second-order valence-corrected chi connectivity index (χ2v) is 12.0. The molecule has 1 aliphatic rings. The number of carbonyl (C=O) groups is 1. The maximum absolute atomic E-state index is 13.6. The summed E-state index contributed by atoms with van der Waals surface area (Å²) in [7, 11) is 0. The van der Waals surface area contributed by atoms with Crippen molar-refractivity contribution in [3.63, 3.8) is 0 Å². The Bertz CT molecular complexity index is 1790. The average molecular weight is 690 g/mol. The van der Waals surface area contributed by atoms with E-state index in [-0.39, 0.29) is 37.7 Å². The van der Waals surface area contributed by atoms with Crippen molar-refractivity contribution in [3.05, 3.63) is 184 Å². The van der Waals surface area contributed by atoms with Gasteiger partial charge in [-0.1, -0.05) is 121 Å². The molecule has 0 spiro atoms. The molecule has 0 saturated carbocycles. The maximum Gasteiger partial charge on any atom is 0.340 e. The zero-order chi connectivity index (χ0) is 35.3. The van der Waals surface area contributed by atoms with Crippen molar-refractivity contribution in [2.24, 2.45) is 0 Å². The summed E-state index contributed by atoms with van der Waals surface area (Å²) in [5.74, 6) is -0.738. The van der Waals surface area contributed by atoms with E-state index in [2.05, 4.69) is 0 Å². The third kappa shape index (κ3) is 10.2. The molecule has 0 N–H and O–H groups in total. The summed E-state index contributed by atoms with van der Waals surface area (Å²) < 4.78 is 38.6. The number of hydrogen-bond acceptors (Lipinski definition) is 9. The molecule has 5 aromatic carbocycles. The number of non-ortho nitro benzene ring substituents is 1. The quantitative estimate of drug-likeness (QED) is 0.0592. The van der Waals surface area contributed by atoms with E-state index in [0.29, 0.717) is 6.61 Å². The normalized spacial score (nSPS) is 20.0. The number of ether oxygens (including phenoxy) is 6. The van der Waals surface area contributed by atoms with Gasteiger partial charge in [-0.25, -0.2) is 4.79 Å². The molecule has 1 fully saturated rings. The Hall–Kier alpha value is -5.23. The van der Waals surface area contributed by atoms with Crippen molar-refractivity contribution in [2.45, 2.75) is 57.1 Å². The molecule has 1 heterocycles. The van der Waals surface area contributed by atoms with Crippen LogP contribution in [0.3, 0.4) is 0 Å². The number of carbonyl (C=O) groups excluding carboxylic acids is 1. The highest BCUT2D eigenvalue weighted by molar-refractivity contribution is 5.89. The molecular formula is C41H39NO9. The van der Waals surface area contributed by atoms with Crippen LogP contribution in [0, 0.1) is 10.1 Å². The van der Waals surface area contributed by atoms with Crippen LogP contribution in [0.15, 0.2) is 146 Å². The van der Waals surface area contributed by atoms with Gasteiger partial charge in [0.25, 0.3) is 5.69 Å². The Kier molecular flexibility index (Phi) is 12.7. The Morgan fingerprint density at radius 1 is 0.569 bits per heavy atom. The Balaban J connectivity index is 1.32. The standard InChI is InChI=1S/C41H39NO9/c43-40(34-21-23-35(24-22-34)42(44)45)51-41-39(49-28-33-19-11-4-12-20-33)38(48-27-32-17-9-3-10-18-32)37(47-26-31-15-7-2-8-16-31)36(50-41)29-46-25-30-13-5-1-6-14-30/h1-24,36-39,41H,25-29H2. The van der Waals surface area contributed by atoms with Gasteiger partial charge in [0, 0.05) is 12.1 Å². The maximum atomic E-state index is 13.6. The Morgan fingerprint density at radius 3 is 1.47 bits per heavy atom. The predicted octanol–water partition coefficient (Wildman–Crippen LogP) is 7.45. The largest absolute Gasteiger partial charge is 0.429 e. The molecule has 0 bridgehead atoms. The van der Waals surface area contributed by atoms with E-state index >= 15 is 0 Å². The average Bonchev–Trinajstić information content (AvgIpc) is 3.18. The fraction of sp³-hybridized carbons (Fsp3) is 0.244. The van der Waals surface area contributed by atoms with Gasteiger partial charge in [-0.05, 0) is 34.4 Å². The molecule has 6 rings (SSSR count). The van der Waals surface area contributed by atoms with Crippen LogP contribution in [-0.2, 0) is 54.8 Å². The van der Waals surface area contributed by atoms with Gasteiger partial charge in [0.15, 0.2) is 0 Å². The predicted molar refractivity (Wildman–Crippen MR) is 188 cm³/mol. The zero-order valence-electron chi connectivity index (χ0n) is 27.9. The number of benzene rings is 5. The molecule has 5 aromatic rings. The summed E-state index contributed by atoms with van der Waals surface area (Å²) in [6.45, 7) is 1.07. The van der Waals surface area contributed by atoms with E-state index in [9.17, 15) is 14.9 Å². The van der Waals surface area contributed by atoms with E-state index in [0.717, 1.165) is 22.3 Å². The van der Waals surface area contributed by atoms with Crippen LogP contribution in [0.2, 0.25) is 0 Å². The lowest BCUT2D eigenvalue weighted by atomic mass is 9.97. The topological polar surface area (TPSA) is 116 Å². The van der Waals surface area contributed by atoms with E-state index < -0.39 is 41.6 Å². The van der Waals surface area contributed by atoms with Gasteiger partial charge < -0.3 is 28.4 Å². The molecule has 10 nitrogen and oxygen atoms in total. The highest BCUT2D eigenvalue weighted by atomic mass is 16.7. The molecule has 5 unspecified atom stereocenters. The van der Waals surface area contributed by atoms with Gasteiger partial charge in [-0.2, -0.15) is 0 Å². The number of esters is 1. The number of hydrogen-bond donors (Lipinski definition) is 0. The third-order valence-corrected chi connectivity index (χ3v) is 8.38. The van der Waals surface area contributed by atoms with Crippen molar-refractivity contribution in [1.29, 1.82) is 0 Å². The van der Waals surface area contributed by atoms with Crippen molar-refractivity contribution in [2.75, 3.05) is 6.61 Å². The van der Waals surface area contributed by atoms with Crippen LogP contribution < -0.4 is 0 Å². The minimum Gasteiger partial charge on any atom is -0.429 e. The second kappa shape index (κ2) is 18.1. The summed E-state index contributed by atoms with van der Waals surface area (Å²) in [5.41, 5.74) is 3.74. The van der Waals surface area contributed by atoms with Crippen LogP contribution in [0.25, 0.3) is 0 Å². The van der Waals surface area contributed by atoms with Crippen molar-refractivity contribution in [3.8, 4) is 0 Å². The summed E-state index contributed by atoms with van der Waals surface area (Å²) in [6, 6.07) is 44.1. The molecule has 10 heteroatoms. The summed E-state index contributed by atoms with van der Waals surface area (Å²) in [4.78, 5) is 24.3. The lowest BCUT2D eigenvalue weighted by Crippen LogP contribution is -2.62. The monoisotopic (exact) mass is 689 g/mol. The highest BCUT2D eigenvalue weighted by Gasteiger charge is 2.50. The second-order valence-electron chi connectivity index (χ2n) is 12.0. The van der Waals surface area contributed by atoms with Crippen molar-refractivity contribution >= 4 is 11.7 Å². The van der Waals surface area contributed by atoms with Gasteiger partial charge in [0.2, 0.25) is 6.29 Å². The fourth-order valence-corrected chi connectivity index (χ4v) is 5.73. The Labute approximate surface area is 296 Å². The molecule has 51 heavy (non-hydrogen) atoms. The first-order valence-corrected chi connectivity index (χ1v) is 16.7. The molecular weight excluding hydrogens is 650 g/mol. The minimum absolute atomic E-state index is 0.0938. The van der Waals surface area contributed by atoms with Gasteiger partial charge in [-0.15, -0.1) is 0 Å². The van der Waals surface area contributed by atoms with Crippen LogP contribution in [0.4, 0.5) is 5.69 Å². The van der Waals surface area contributed by atoms with Crippen molar-refractivity contribution in [1.82, 2.24) is 0 Å². The van der Waals surface area contributed by atoms with Crippen LogP contribution in [0.5, 0.6) is 0 Å². The Morgan fingerprint density at radius 2 is 1.00 bits per heavy atom. The van der Waals surface area contributed by atoms with Crippen molar-refractivity contribution < 1.29 is 38.1 Å². The smallest absolute Gasteiger partial charge is 0.340 e. The molecule has 262 valence electrons. The third-order valence-electron chi connectivity index (χ3n) is 8.38. The van der Waals surface area contributed by atoms with Gasteiger partial charge in [0.05, 0.1) is 43.5 Å². The first-order valence-electron chi connectivity index (χ1n) is 16.7. The number of nitro groups is 1. The van der Waals surface area contributed by atoms with Gasteiger partial charge in [0.1, 0.15) is 24.4 Å². The van der Waals surface area contributed by atoms with E-state index in [1.807, 2.05) is 121 Å². The highest BCUT2D eigenvalue weighted by Crippen LogP contribution is 2.32. The first-order chi connectivity index (χ1) is 25.0. The first kappa shape index (κ1) is 35.6. The van der Waals surface area contributed by atoms with E-state index in [1.165, 1.54) is 24.3 Å². The molecule has 0 aliphatic carbocycles. The van der Waals surface area contributed by atoms with Gasteiger partial charge in [-0.3, -0.25) is 10.1 Å². The summed E-state index contributed by atoms with van der Waals surface area (Å²) >= 11 is 0. The number of rotatable bonds is 16. The molecule has 0 aromatic heterocycles. The van der Waals surface area contributed by atoms with Crippen LogP contribution >= 0.6 is 0 Å². The molecule has 0 amide bonds. The zero-order valence-corrected chi connectivity index (χ0v) is 27.9. The summed E-state index contributed by atoms with van der Waals surface area (Å²) in [6.07, 6.45) is -4.43. The summed E-state index contributed by atoms with van der Waals surface area (Å²) in [5, 5.41) is 11.2. The number of nitrogens with zero attached hydrogens (tertiary/aromatic N) is 1. The number of nitro benzene ring substituents is 1. The molecule has 1 aliphatic heterocycles. The lowest BCUT2D eigenvalue weighted by Gasteiger charge is -2.45. The molecule has 0 radical (unpaired) electrons. The van der Waals surface area contributed by atoms with E-state index in [4.69, 9.17) is 28.4 Å². The van der Waals surface area contributed by atoms with Crippen LogP contribution in [-0.4, -0.2) is 48.2 Å². The van der Waals surface area contributed by atoms with Crippen LogP contribution in [0.1, 0.15) is 32.6 Å².